The second kappa shape index (κ2) is 12.3. The van der Waals surface area contributed by atoms with E-state index in [9.17, 15) is 4.79 Å². The van der Waals surface area contributed by atoms with Gasteiger partial charge in [0.05, 0.1) is 6.61 Å². The maximum atomic E-state index is 11.7. The summed E-state index contributed by atoms with van der Waals surface area (Å²) < 4.78 is 5.05. The lowest BCUT2D eigenvalue weighted by molar-refractivity contribution is 0.0963. The Morgan fingerprint density at radius 3 is 2.65 bits per heavy atom. The highest BCUT2D eigenvalue weighted by Crippen LogP contribution is 2.11. The van der Waals surface area contributed by atoms with Crippen LogP contribution in [0.15, 0.2) is 4.99 Å². The molecule has 0 radical (unpaired) electrons. The van der Waals surface area contributed by atoms with Gasteiger partial charge in [0, 0.05) is 32.2 Å². The summed E-state index contributed by atoms with van der Waals surface area (Å²) in [6, 6.07) is 0.365. The van der Waals surface area contributed by atoms with E-state index < -0.39 is 0 Å². The molecule has 7 heteroatoms. The molecule has 0 aromatic heterocycles. The molecule has 1 amide bonds. The van der Waals surface area contributed by atoms with E-state index in [1.165, 1.54) is 12.2 Å². The number of rotatable bonds is 8. The molecule has 1 aliphatic rings. The van der Waals surface area contributed by atoms with Gasteiger partial charge in [-0.05, 0) is 51.5 Å². The van der Waals surface area contributed by atoms with Crippen LogP contribution in [0.5, 0.6) is 0 Å². The number of likely N-dealkylation sites (tertiary alicyclic amines) is 1. The zero-order valence-corrected chi connectivity index (χ0v) is 15.6. The number of aliphatic imine (C=N–C) groups is 1. The molecule has 2 N–H and O–H groups in total. The number of nitrogens with one attached hydrogen (secondary N) is 2. The first-order valence-electron chi connectivity index (χ1n) is 8.66. The minimum Gasteiger partial charge on any atom is -0.450 e. The standard InChI is InChI=1S/C16H32N4O2S/c1-4-17-15(18-10-6-7-13-23-3)19-14-8-11-20(12-9-14)16(21)22-5-2/h14H,4-13H2,1-3H3,(H2,17,18,19). The number of piperidine rings is 1. The molecule has 1 rings (SSSR count). The van der Waals surface area contributed by atoms with Gasteiger partial charge in [0.1, 0.15) is 0 Å². The van der Waals surface area contributed by atoms with Crippen molar-refractivity contribution in [2.45, 2.75) is 45.6 Å². The molecule has 0 unspecified atom stereocenters. The number of guanidine groups is 1. The summed E-state index contributed by atoms with van der Waals surface area (Å²) in [6.45, 7) is 7.55. The first-order chi connectivity index (χ1) is 11.2. The summed E-state index contributed by atoms with van der Waals surface area (Å²) >= 11 is 1.88. The van der Waals surface area contributed by atoms with E-state index in [0.29, 0.717) is 12.6 Å². The first-order valence-corrected chi connectivity index (χ1v) is 10.1. The normalized spacial score (nSPS) is 16.3. The lowest BCUT2D eigenvalue weighted by Crippen LogP contribution is -2.49. The number of thioether (sulfide) groups is 1. The number of ether oxygens (including phenoxy) is 1. The number of unbranched alkanes of at least 4 members (excludes halogenated alkanes) is 1. The number of hydrogen-bond acceptors (Lipinski definition) is 4. The zero-order valence-electron chi connectivity index (χ0n) is 14.8. The molecular formula is C16H32N4O2S. The van der Waals surface area contributed by atoms with Crippen molar-refractivity contribution in [3.05, 3.63) is 0 Å². The van der Waals surface area contributed by atoms with Crippen LogP contribution < -0.4 is 10.6 Å². The molecule has 1 aliphatic heterocycles. The van der Waals surface area contributed by atoms with Crippen molar-refractivity contribution in [3.8, 4) is 0 Å². The number of carbonyl (C=O) groups is 1. The van der Waals surface area contributed by atoms with E-state index in [4.69, 9.17) is 4.74 Å². The fraction of sp³-hybridized carbons (Fsp3) is 0.875. The molecular weight excluding hydrogens is 312 g/mol. The predicted octanol–water partition coefficient (Wildman–Crippen LogP) is 2.31. The molecule has 6 nitrogen and oxygen atoms in total. The number of carbonyl (C=O) groups excluding carboxylic acids is 1. The van der Waals surface area contributed by atoms with Crippen LogP contribution in [0.4, 0.5) is 4.79 Å². The third kappa shape index (κ3) is 8.34. The van der Waals surface area contributed by atoms with Crippen LogP contribution >= 0.6 is 11.8 Å². The Hall–Kier alpha value is -1.11. The van der Waals surface area contributed by atoms with Crippen molar-refractivity contribution in [3.63, 3.8) is 0 Å². The van der Waals surface area contributed by atoms with Crippen LogP contribution in [0, 0.1) is 0 Å². The predicted molar refractivity (Wildman–Crippen MR) is 98.3 cm³/mol. The monoisotopic (exact) mass is 344 g/mol. The summed E-state index contributed by atoms with van der Waals surface area (Å²) in [5.74, 6) is 2.09. The molecule has 0 aromatic rings. The molecule has 0 saturated carbocycles. The van der Waals surface area contributed by atoms with Gasteiger partial charge in [-0.15, -0.1) is 0 Å². The highest BCUT2D eigenvalue weighted by Gasteiger charge is 2.23. The summed E-state index contributed by atoms with van der Waals surface area (Å²) in [6.07, 6.45) is 6.13. The zero-order chi connectivity index (χ0) is 16.9. The third-order valence-electron chi connectivity index (χ3n) is 3.73. The van der Waals surface area contributed by atoms with Crippen molar-refractivity contribution in [2.24, 2.45) is 4.99 Å². The number of amides is 1. The van der Waals surface area contributed by atoms with Gasteiger partial charge in [0.15, 0.2) is 5.96 Å². The smallest absolute Gasteiger partial charge is 0.409 e. The van der Waals surface area contributed by atoms with Crippen LogP contribution in [0.2, 0.25) is 0 Å². The molecule has 0 spiro atoms. The lowest BCUT2D eigenvalue weighted by atomic mass is 10.1. The Labute approximate surface area is 144 Å². The molecule has 0 bridgehead atoms. The van der Waals surface area contributed by atoms with E-state index in [-0.39, 0.29) is 6.09 Å². The Morgan fingerprint density at radius 1 is 1.30 bits per heavy atom. The molecule has 0 atom stereocenters. The van der Waals surface area contributed by atoms with Crippen LogP contribution in [-0.2, 0) is 4.74 Å². The quantitative estimate of drug-likeness (QED) is 0.402. The summed E-state index contributed by atoms with van der Waals surface area (Å²) in [5, 5.41) is 6.80. The second-order valence-corrected chi connectivity index (χ2v) is 6.55. The lowest BCUT2D eigenvalue weighted by Gasteiger charge is -2.32. The van der Waals surface area contributed by atoms with Crippen molar-refractivity contribution < 1.29 is 9.53 Å². The molecule has 0 aliphatic carbocycles. The van der Waals surface area contributed by atoms with Crippen LogP contribution in [0.25, 0.3) is 0 Å². The SMILES string of the molecule is CCNC(=NCCCCSC)NC1CCN(C(=O)OCC)CC1. The van der Waals surface area contributed by atoms with E-state index in [0.717, 1.165) is 51.4 Å². The maximum absolute atomic E-state index is 11.7. The van der Waals surface area contributed by atoms with Crippen molar-refractivity contribution in [2.75, 3.05) is 44.8 Å². The third-order valence-corrected chi connectivity index (χ3v) is 4.43. The minimum atomic E-state index is -0.194. The molecule has 134 valence electrons. The minimum absolute atomic E-state index is 0.194. The Bertz CT molecular complexity index is 358. The van der Waals surface area contributed by atoms with E-state index in [1.807, 2.05) is 18.7 Å². The van der Waals surface area contributed by atoms with Crippen molar-refractivity contribution in [1.29, 1.82) is 0 Å². The number of hydrogen-bond donors (Lipinski definition) is 2. The Kier molecular flexibility index (Phi) is 10.7. The van der Waals surface area contributed by atoms with Gasteiger partial charge in [-0.1, -0.05) is 0 Å². The molecule has 0 aromatic carbocycles. The Balaban J connectivity index is 2.34. The topological polar surface area (TPSA) is 66.0 Å². The fourth-order valence-electron chi connectivity index (χ4n) is 2.48. The van der Waals surface area contributed by atoms with Crippen molar-refractivity contribution >= 4 is 23.8 Å². The fourth-order valence-corrected chi connectivity index (χ4v) is 2.98. The highest BCUT2D eigenvalue weighted by atomic mass is 32.2. The summed E-state index contributed by atoms with van der Waals surface area (Å²) in [4.78, 5) is 18.1. The van der Waals surface area contributed by atoms with E-state index >= 15 is 0 Å². The maximum Gasteiger partial charge on any atom is 0.409 e. The highest BCUT2D eigenvalue weighted by molar-refractivity contribution is 7.98. The van der Waals surface area contributed by atoms with Crippen molar-refractivity contribution in [1.82, 2.24) is 15.5 Å². The van der Waals surface area contributed by atoms with Gasteiger partial charge in [-0.2, -0.15) is 11.8 Å². The van der Waals surface area contributed by atoms with Gasteiger partial charge < -0.3 is 20.3 Å². The summed E-state index contributed by atoms with van der Waals surface area (Å²) in [7, 11) is 0. The van der Waals surface area contributed by atoms with Gasteiger partial charge in [0.25, 0.3) is 0 Å². The Morgan fingerprint density at radius 2 is 2.04 bits per heavy atom. The van der Waals surface area contributed by atoms with E-state index in [1.54, 1.807) is 4.90 Å². The average molecular weight is 345 g/mol. The largest absolute Gasteiger partial charge is 0.450 e. The van der Waals surface area contributed by atoms with Gasteiger partial charge in [-0.25, -0.2) is 4.79 Å². The first kappa shape index (κ1) is 19.9. The van der Waals surface area contributed by atoms with Crippen LogP contribution in [-0.4, -0.2) is 67.8 Å². The van der Waals surface area contributed by atoms with E-state index in [2.05, 4.69) is 28.8 Å². The van der Waals surface area contributed by atoms with Gasteiger partial charge >= 0.3 is 6.09 Å². The van der Waals surface area contributed by atoms with Gasteiger partial charge in [-0.3, -0.25) is 4.99 Å². The molecule has 23 heavy (non-hydrogen) atoms. The van der Waals surface area contributed by atoms with Gasteiger partial charge in [0.2, 0.25) is 0 Å². The molecule has 1 saturated heterocycles. The molecule has 1 fully saturated rings. The van der Waals surface area contributed by atoms with Crippen LogP contribution in [0.1, 0.15) is 39.5 Å². The van der Waals surface area contributed by atoms with Crippen LogP contribution in [0.3, 0.4) is 0 Å². The summed E-state index contributed by atoms with van der Waals surface area (Å²) in [5.41, 5.74) is 0. The molecule has 1 heterocycles. The number of nitrogens with zero attached hydrogens (tertiary/aromatic N) is 2. The average Bonchev–Trinajstić information content (AvgIpc) is 2.55. The second-order valence-electron chi connectivity index (χ2n) is 5.57.